The highest BCUT2D eigenvalue weighted by molar-refractivity contribution is 6.47. The van der Waals surface area contributed by atoms with E-state index in [0.717, 1.165) is 24.4 Å². The third-order valence-electron chi connectivity index (χ3n) is 9.43. The second-order valence-corrected chi connectivity index (χ2v) is 11.6. The molecule has 2 aliphatic heterocycles. The monoisotopic (exact) mass is 438 g/mol. The van der Waals surface area contributed by atoms with Crippen LogP contribution in [0.1, 0.15) is 45.6 Å². The van der Waals surface area contributed by atoms with E-state index in [-0.39, 0.29) is 23.7 Å². The van der Waals surface area contributed by atoms with Gasteiger partial charge in [-0.1, -0.05) is 44.2 Å². The number of carbonyl (C=O) groups excluding carboxylic acids is 1. The molecule has 1 aromatic carbocycles. The standard InChI is InChI=1S/C25H35BN2O4/c1-24(2)17-11-20(24)25(3)21(12-17)31-26(32-25)22(9-15-7-5-4-6-8-15)28-23(29)30-14-19-18-10-16(18)13-27-19/h4-8,16-22,27H,9-14H2,1-3H3,(H,28,29)/t16-,17+,18-,19+,20+,21-,22+,25+/m1/s1. The van der Waals surface area contributed by atoms with Gasteiger partial charge in [-0.3, -0.25) is 0 Å². The van der Waals surface area contributed by atoms with Gasteiger partial charge in [-0.2, -0.15) is 0 Å². The van der Waals surface area contributed by atoms with Gasteiger partial charge in [0, 0.05) is 6.04 Å². The lowest BCUT2D eigenvalue weighted by atomic mass is 9.43. The Morgan fingerprint density at radius 1 is 1.25 bits per heavy atom. The van der Waals surface area contributed by atoms with Crippen LogP contribution in [0.4, 0.5) is 4.79 Å². The van der Waals surface area contributed by atoms with Gasteiger partial charge in [-0.15, -0.1) is 0 Å². The molecule has 6 aliphatic rings. The Morgan fingerprint density at radius 2 is 2.06 bits per heavy atom. The average molecular weight is 438 g/mol. The van der Waals surface area contributed by atoms with Crippen molar-refractivity contribution in [3.63, 3.8) is 0 Å². The second-order valence-electron chi connectivity index (χ2n) is 11.6. The van der Waals surface area contributed by atoms with E-state index in [1.54, 1.807) is 0 Å². The van der Waals surface area contributed by atoms with E-state index in [9.17, 15) is 4.79 Å². The number of amides is 1. The maximum Gasteiger partial charge on any atom is 0.482 e. The van der Waals surface area contributed by atoms with Crippen LogP contribution in [-0.4, -0.2) is 50.1 Å². The molecule has 6 fully saturated rings. The molecular formula is C25H35BN2O4. The van der Waals surface area contributed by atoms with E-state index in [1.807, 2.05) is 18.2 Å². The highest BCUT2D eigenvalue weighted by Gasteiger charge is 2.68. The zero-order chi connectivity index (χ0) is 22.1. The Labute approximate surface area is 191 Å². The second kappa shape index (κ2) is 7.47. The number of alkyl carbamates (subject to hydrolysis) is 1. The first-order valence-electron chi connectivity index (χ1n) is 12.4. The molecule has 1 aromatic rings. The zero-order valence-electron chi connectivity index (χ0n) is 19.4. The Morgan fingerprint density at radius 3 is 2.75 bits per heavy atom. The molecule has 1 amide bonds. The summed E-state index contributed by atoms with van der Waals surface area (Å²) in [5.41, 5.74) is 1.14. The fourth-order valence-corrected chi connectivity index (χ4v) is 7.15. The van der Waals surface area contributed by atoms with Gasteiger partial charge in [0.2, 0.25) is 0 Å². The van der Waals surface area contributed by atoms with Crippen LogP contribution in [0.2, 0.25) is 0 Å². The largest absolute Gasteiger partial charge is 0.482 e. The van der Waals surface area contributed by atoms with Gasteiger partial charge in [-0.05, 0) is 73.8 Å². The number of nitrogens with one attached hydrogen (secondary N) is 2. The van der Waals surface area contributed by atoms with Crippen LogP contribution in [0.25, 0.3) is 0 Å². The van der Waals surface area contributed by atoms with Crippen LogP contribution >= 0.6 is 0 Å². The number of rotatable bonds is 6. The summed E-state index contributed by atoms with van der Waals surface area (Å²) >= 11 is 0. The van der Waals surface area contributed by atoms with Crippen LogP contribution in [0.15, 0.2) is 30.3 Å². The Kier molecular flexibility index (Phi) is 4.90. The Bertz CT molecular complexity index is 882. The van der Waals surface area contributed by atoms with Crippen molar-refractivity contribution in [2.75, 3.05) is 13.2 Å². The van der Waals surface area contributed by atoms with Crippen molar-refractivity contribution in [3.8, 4) is 0 Å². The third kappa shape index (κ3) is 3.39. The molecule has 2 heterocycles. The van der Waals surface area contributed by atoms with E-state index in [1.165, 1.54) is 12.8 Å². The predicted molar refractivity (Wildman–Crippen MR) is 122 cm³/mol. The molecule has 6 nitrogen and oxygen atoms in total. The quantitative estimate of drug-likeness (QED) is 0.668. The van der Waals surface area contributed by atoms with Crippen molar-refractivity contribution < 1.29 is 18.8 Å². The molecule has 0 spiro atoms. The van der Waals surface area contributed by atoms with Crippen LogP contribution in [0.3, 0.4) is 0 Å². The molecule has 7 heteroatoms. The molecule has 0 aromatic heterocycles. The fraction of sp³-hybridized carbons (Fsp3) is 0.720. The van der Waals surface area contributed by atoms with Gasteiger partial charge in [0.05, 0.1) is 17.6 Å². The SMILES string of the molecule is CC1(C)[C@@H]2C[C@H]3OB([C@H](Cc4ccccc4)NC(=O)OC[C@@H]4NC[C@H]5C[C@H]54)O[C@@]3(C)[C@H]1C2. The molecule has 0 unspecified atom stereocenters. The van der Waals surface area contributed by atoms with Crippen LogP contribution in [0.5, 0.6) is 0 Å². The van der Waals surface area contributed by atoms with E-state index < -0.39 is 7.12 Å². The minimum Gasteiger partial charge on any atom is -0.448 e. The van der Waals surface area contributed by atoms with Crippen LogP contribution in [-0.2, 0) is 20.5 Å². The Balaban J connectivity index is 1.15. The van der Waals surface area contributed by atoms with Gasteiger partial charge in [0.15, 0.2) is 0 Å². The molecule has 8 atom stereocenters. The number of fused-ring (bicyclic) bond motifs is 1. The molecule has 2 N–H and O–H groups in total. The summed E-state index contributed by atoms with van der Waals surface area (Å²) < 4.78 is 18.8. The van der Waals surface area contributed by atoms with E-state index >= 15 is 0 Å². The highest BCUT2D eigenvalue weighted by atomic mass is 16.7. The normalized spacial score (nSPS) is 41.3. The zero-order valence-corrected chi connectivity index (χ0v) is 19.4. The van der Waals surface area contributed by atoms with Crippen molar-refractivity contribution in [2.24, 2.45) is 29.1 Å². The van der Waals surface area contributed by atoms with Crippen molar-refractivity contribution >= 4 is 13.2 Å². The summed E-state index contributed by atoms with van der Waals surface area (Å²) in [5.74, 6) is 2.37. The first kappa shape index (κ1) is 21.0. The topological polar surface area (TPSA) is 68.8 Å². The summed E-state index contributed by atoms with van der Waals surface area (Å²) in [7, 11) is -0.467. The summed E-state index contributed by atoms with van der Waals surface area (Å²) in [6, 6.07) is 10.5. The number of ether oxygens (including phenoxy) is 1. The van der Waals surface area contributed by atoms with E-state index in [4.69, 9.17) is 14.0 Å². The van der Waals surface area contributed by atoms with Gasteiger partial charge < -0.3 is 24.7 Å². The molecule has 7 rings (SSSR count). The van der Waals surface area contributed by atoms with Gasteiger partial charge in [0.1, 0.15) is 6.61 Å². The summed E-state index contributed by atoms with van der Waals surface area (Å²) in [6.45, 7) is 8.43. The number of piperidine rings is 1. The lowest BCUT2D eigenvalue weighted by Crippen LogP contribution is -2.65. The maximum atomic E-state index is 12.8. The van der Waals surface area contributed by atoms with Gasteiger partial charge in [0.25, 0.3) is 0 Å². The molecule has 2 bridgehead atoms. The van der Waals surface area contributed by atoms with Crippen molar-refractivity contribution in [2.45, 2.75) is 70.1 Å². The van der Waals surface area contributed by atoms with Crippen LogP contribution < -0.4 is 10.6 Å². The molecule has 0 radical (unpaired) electrons. The molecule has 2 saturated heterocycles. The summed E-state index contributed by atoms with van der Waals surface area (Å²) in [5, 5.41) is 6.56. The van der Waals surface area contributed by atoms with Crippen molar-refractivity contribution in [1.82, 2.24) is 10.6 Å². The van der Waals surface area contributed by atoms with Crippen molar-refractivity contribution in [1.29, 1.82) is 0 Å². The summed E-state index contributed by atoms with van der Waals surface area (Å²) in [6.07, 6.45) is 3.87. The fourth-order valence-electron chi connectivity index (χ4n) is 7.15. The van der Waals surface area contributed by atoms with E-state index in [0.29, 0.717) is 42.2 Å². The molecule has 4 saturated carbocycles. The minimum atomic E-state index is -0.467. The predicted octanol–water partition coefficient (Wildman–Crippen LogP) is 3.20. The highest BCUT2D eigenvalue weighted by Crippen LogP contribution is 2.65. The molecular weight excluding hydrogens is 403 g/mol. The third-order valence-corrected chi connectivity index (χ3v) is 9.43. The number of hydrogen-bond acceptors (Lipinski definition) is 5. The lowest BCUT2D eigenvalue weighted by molar-refractivity contribution is -0.199. The number of hydrogen-bond donors (Lipinski definition) is 2. The Hall–Kier alpha value is -1.57. The van der Waals surface area contributed by atoms with Gasteiger partial charge >= 0.3 is 13.2 Å². The number of carbonyl (C=O) groups is 1. The van der Waals surface area contributed by atoms with E-state index in [2.05, 4.69) is 43.5 Å². The van der Waals surface area contributed by atoms with Crippen molar-refractivity contribution in [3.05, 3.63) is 35.9 Å². The summed E-state index contributed by atoms with van der Waals surface area (Å²) in [4.78, 5) is 12.8. The first-order chi connectivity index (χ1) is 15.3. The smallest absolute Gasteiger partial charge is 0.448 e. The lowest BCUT2D eigenvalue weighted by Gasteiger charge is -2.64. The molecule has 32 heavy (non-hydrogen) atoms. The molecule has 172 valence electrons. The minimum absolute atomic E-state index is 0.0925. The first-order valence-corrected chi connectivity index (χ1v) is 12.4. The van der Waals surface area contributed by atoms with Gasteiger partial charge in [-0.25, -0.2) is 4.79 Å². The average Bonchev–Trinajstić information content (AvgIpc) is 3.29. The maximum absolute atomic E-state index is 12.8. The van der Waals surface area contributed by atoms with Crippen LogP contribution in [0, 0.1) is 29.1 Å². The number of benzene rings is 1. The molecule has 4 aliphatic carbocycles.